The summed E-state index contributed by atoms with van der Waals surface area (Å²) in [4.78, 5) is 10.7. The van der Waals surface area contributed by atoms with Crippen LogP contribution in [-0.2, 0) is 18.7 Å². The van der Waals surface area contributed by atoms with Crippen molar-refractivity contribution in [2.24, 2.45) is 0 Å². The zero-order valence-electron chi connectivity index (χ0n) is 11.9. The first-order chi connectivity index (χ1) is 9.74. The Labute approximate surface area is 124 Å². The van der Waals surface area contributed by atoms with Crippen LogP contribution in [0.25, 0.3) is 0 Å². The van der Waals surface area contributed by atoms with Crippen molar-refractivity contribution in [1.82, 2.24) is 15.3 Å². The van der Waals surface area contributed by atoms with Crippen molar-refractivity contribution in [2.45, 2.75) is 37.5 Å². The second-order valence-corrected chi connectivity index (χ2v) is 6.15. The Hall–Kier alpha value is -1.39. The summed E-state index contributed by atoms with van der Waals surface area (Å²) >= 11 is 1.82. The molecule has 2 heterocycles. The molecule has 0 saturated carbocycles. The lowest BCUT2D eigenvalue weighted by Crippen LogP contribution is -2.26. The highest BCUT2D eigenvalue weighted by molar-refractivity contribution is 7.98. The number of nitrogens with zero attached hydrogens (tertiary/aromatic N) is 2. The quantitative estimate of drug-likeness (QED) is 0.880. The van der Waals surface area contributed by atoms with Crippen LogP contribution in [0, 0.1) is 13.8 Å². The minimum absolute atomic E-state index is 0.840. The van der Waals surface area contributed by atoms with Gasteiger partial charge >= 0.3 is 0 Å². The van der Waals surface area contributed by atoms with Gasteiger partial charge in [0.15, 0.2) is 0 Å². The molecule has 1 aromatic carbocycles. The fourth-order valence-corrected chi connectivity index (χ4v) is 3.38. The Morgan fingerprint density at radius 1 is 1.20 bits per heavy atom. The second kappa shape index (κ2) is 5.94. The van der Waals surface area contributed by atoms with Crippen molar-refractivity contribution in [1.29, 1.82) is 0 Å². The molecule has 20 heavy (non-hydrogen) atoms. The molecule has 0 radical (unpaired) electrons. The molecule has 0 spiro atoms. The average Bonchev–Trinajstić information content (AvgIpc) is 2.46. The molecule has 1 aliphatic heterocycles. The van der Waals surface area contributed by atoms with E-state index in [9.17, 15) is 0 Å². The van der Waals surface area contributed by atoms with Gasteiger partial charge in [-0.3, -0.25) is 0 Å². The molecule has 0 bridgehead atoms. The largest absolute Gasteiger partial charge is 0.312 e. The van der Waals surface area contributed by atoms with Gasteiger partial charge in [0.1, 0.15) is 5.82 Å². The highest BCUT2D eigenvalue weighted by Gasteiger charge is 2.15. The molecule has 0 unspecified atom stereocenters. The summed E-state index contributed by atoms with van der Waals surface area (Å²) in [7, 11) is 0. The van der Waals surface area contributed by atoms with Gasteiger partial charge in [0.25, 0.3) is 0 Å². The molecule has 4 heteroatoms. The van der Waals surface area contributed by atoms with E-state index < -0.39 is 0 Å². The van der Waals surface area contributed by atoms with E-state index in [1.54, 1.807) is 0 Å². The first-order valence-electron chi connectivity index (χ1n) is 6.98. The Morgan fingerprint density at radius 3 is 2.90 bits per heavy atom. The lowest BCUT2D eigenvalue weighted by molar-refractivity contribution is 0.617. The normalized spacial score (nSPS) is 14.1. The van der Waals surface area contributed by atoms with Crippen molar-refractivity contribution >= 4 is 11.8 Å². The first kappa shape index (κ1) is 13.6. The van der Waals surface area contributed by atoms with Crippen LogP contribution in [0.3, 0.4) is 0 Å². The Kier molecular flexibility index (Phi) is 4.03. The molecule has 3 nitrogen and oxygen atoms in total. The van der Waals surface area contributed by atoms with Crippen molar-refractivity contribution < 1.29 is 0 Å². The van der Waals surface area contributed by atoms with Crippen LogP contribution in [0.4, 0.5) is 0 Å². The molecule has 1 N–H and O–H groups in total. The predicted octanol–water partition coefficient (Wildman–Crippen LogP) is 3.03. The van der Waals surface area contributed by atoms with Crippen LogP contribution in [0.5, 0.6) is 0 Å². The van der Waals surface area contributed by atoms with E-state index in [-0.39, 0.29) is 0 Å². The number of aromatic nitrogens is 2. The summed E-state index contributed by atoms with van der Waals surface area (Å²) < 4.78 is 0. The lowest BCUT2D eigenvalue weighted by Gasteiger charge is -2.18. The van der Waals surface area contributed by atoms with Crippen molar-refractivity contribution in [3.8, 4) is 0 Å². The molecule has 3 rings (SSSR count). The molecule has 0 atom stereocenters. The van der Waals surface area contributed by atoms with Gasteiger partial charge in [-0.25, -0.2) is 9.97 Å². The van der Waals surface area contributed by atoms with E-state index in [1.165, 1.54) is 21.7 Å². The fourth-order valence-electron chi connectivity index (χ4n) is 2.50. The summed E-state index contributed by atoms with van der Waals surface area (Å²) in [6.45, 7) is 6.17. The van der Waals surface area contributed by atoms with E-state index in [1.807, 2.05) is 11.8 Å². The zero-order chi connectivity index (χ0) is 13.9. The molecule has 0 amide bonds. The van der Waals surface area contributed by atoms with Gasteiger partial charge in [0, 0.05) is 35.7 Å². The predicted molar refractivity (Wildman–Crippen MR) is 82.9 cm³/mol. The maximum absolute atomic E-state index is 4.75. The van der Waals surface area contributed by atoms with E-state index in [0.29, 0.717) is 0 Å². The maximum Gasteiger partial charge on any atom is 0.139 e. The van der Waals surface area contributed by atoms with E-state index in [4.69, 9.17) is 4.98 Å². The average molecular weight is 285 g/mol. The van der Waals surface area contributed by atoms with Gasteiger partial charge in [-0.1, -0.05) is 18.2 Å². The molecule has 104 valence electrons. The van der Waals surface area contributed by atoms with Gasteiger partial charge in [0.2, 0.25) is 0 Å². The van der Waals surface area contributed by atoms with Crippen LogP contribution in [-0.4, -0.2) is 16.5 Å². The van der Waals surface area contributed by atoms with Crippen LogP contribution in [0.15, 0.2) is 29.2 Å². The highest BCUT2D eigenvalue weighted by atomic mass is 32.2. The van der Waals surface area contributed by atoms with E-state index in [2.05, 4.69) is 48.4 Å². The molecule has 1 aromatic heterocycles. The van der Waals surface area contributed by atoms with Gasteiger partial charge < -0.3 is 5.32 Å². The molecule has 1 aliphatic rings. The summed E-state index contributed by atoms with van der Waals surface area (Å²) in [5.41, 5.74) is 4.97. The minimum Gasteiger partial charge on any atom is -0.312 e. The number of benzene rings is 1. The number of nitrogens with one attached hydrogen (secondary N) is 1. The number of fused-ring (bicyclic) bond motifs is 1. The monoisotopic (exact) mass is 285 g/mol. The Bertz CT molecular complexity index is 625. The number of rotatable bonds is 3. The highest BCUT2D eigenvalue weighted by Crippen LogP contribution is 2.25. The Balaban J connectivity index is 1.78. The topological polar surface area (TPSA) is 37.8 Å². The number of hydrogen-bond donors (Lipinski definition) is 1. The number of thioether (sulfide) groups is 1. The van der Waals surface area contributed by atoms with Crippen molar-refractivity contribution in [3.63, 3.8) is 0 Å². The van der Waals surface area contributed by atoms with Crippen molar-refractivity contribution in [2.75, 3.05) is 6.54 Å². The molecule has 0 aliphatic carbocycles. The lowest BCUT2D eigenvalue weighted by atomic mass is 10.1. The molecule has 0 fully saturated rings. The third-order valence-corrected chi connectivity index (χ3v) is 4.81. The summed E-state index contributed by atoms with van der Waals surface area (Å²) in [6.07, 6.45) is 1.01. The van der Waals surface area contributed by atoms with Gasteiger partial charge in [-0.2, -0.15) is 0 Å². The fraction of sp³-hybridized carbons (Fsp3) is 0.375. The standard InChI is InChI=1S/C16H19N3S/c1-11-5-3-4-6-15(11)20-10-16-18-12(2)13-9-17-8-7-14(13)19-16/h3-6,17H,7-10H2,1-2H3. The van der Waals surface area contributed by atoms with Crippen LogP contribution < -0.4 is 5.32 Å². The number of hydrogen-bond acceptors (Lipinski definition) is 4. The van der Waals surface area contributed by atoms with Gasteiger partial charge in [0.05, 0.1) is 11.4 Å². The van der Waals surface area contributed by atoms with E-state index in [0.717, 1.165) is 36.8 Å². The molecular weight excluding hydrogens is 266 g/mol. The third-order valence-electron chi connectivity index (χ3n) is 3.64. The smallest absolute Gasteiger partial charge is 0.139 e. The Morgan fingerprint density at radius 2 is 2.05 bits per heavy atom. The third kappa shape index (κ3) is 2.86. The van der Waals surface area contributed by atoms with Gasteiger partial charge in [-0.05, 0) is 25.5 Å². The first-order valence-corrected chi connectivity index (χ1v) is 7.97. The van der Waals surface area contributed by atoms with Crippen LogP contribution >= 0.6 is 11.8 Å². The van der Waals surface area contributed by atoms with Crippen molar-refractivity contribution in [3.05, 3.63) is 52.6 Å². The second-order valence-electron chi connectivity index (χ2n) is 5.13. The minimum atomic E-state index is 0.840. The zero-order valence-corrected chi connectivity index (χ0v) is 12.8. The van der Waals surface area contributed by atoms with Gasteiger partial charge in [-0.15, -0.1) is 11.8 Å². The maximum atomic E-state index is 4.75. The van der Waals surface area contributed by atoms with Crippen LogP contribution in [0.1, 0.15) is 28.3 Å². The summed E-state index contributed by atoms with van der Waals surface area (Å²) in [6, 6.07) is 8.47. The SMILES string of the molecule is Cc1ccccc1SCc1nc(C)c2c(n1)CCNC2. The van der Waals surface area contributed by atoms with E-state index >= 15 is 0 Å². The van der Waals surface area contributed by atoms with Crippen LogP contribution in [0.2, 0.25) is 0 Å². The summed E-state index contributed by atoms with van der Waals surface area (Å²) in [5, 5.41) is 3.38. The summed E-state index contributed by atoms with van der Waals surface area (Å²) in [5.74, 6) is 1.79. The molecular formula is C16H19N3S. The molecule has 2 aromatic rings. The molecule has 0 saturated heterocycles. The number of aryl methyl sites for hydroxylation is 2.